The molecule has 0 aromatic heterocycles. The molecule has 0 radical (unpaired) electrons. The molecule has 4 heteroatoms. The monoisotopic (exact) mass is 259 g/mol. The molecule has 17 heavy (non-hydrogen) atoms. The lowest BCUT2D eigenvalue weighted by atomic mass is 9.93. The number of rotatable bonds is 6. The minimum Gasteiger partial charge on any atom is -0.390 e. The van der Waals surface area contributed by atoms with Crippen LogP contribution in [-0.4, -0.2) is 23.8 Å². The molecule has 1 aromatic carbocycles. The number of halogens is 2. The third kappa shape index (κ3) is 4.62. The molecule has 0 saturated carbocycles. The molecule has 0 bridgehead atoms. The van der Waals surface area contributed by atoms with Crippen molar-refractivity contribution in [2.24, 2.45) is 0 Å². The smallest absolute Gasteiger partial charge is 0.127 e. The Morgan fingerprint density at radius 3 is 2.76 bits per heavy atom. The summed E-state index contributed by atoms with van der Waals surface area (Å²) in [6.07, 6.45) is 0.787. The largest absolute Gasteiger partial charge is 0.390 e. The highest BCUT2D eigenvalue weighted by Gasteiger charge is 2.23. The van der Waals surface area contributed by atoms with Crippen LogP contribution in [0.25, 0.3) is 0 Å². The van der Waals surface area contributed by atoms with E-state index >= 15 is 0 Å². The summed E-state index contributed by atoms with van der Waals surface area (Å²) in [4.78, 5) is 0. The maximum atomic E-state index is 13.6. The molecule has 0 heterocycles. The van der Waals surface area contributed by atoms with E-state index in [1.807, 2.05) is 6.92 Å². The van der Waals surface area contributed by atoms with Crippen LogP contribution in [0.1, 0.15) is 25.8 Å². The third-order valence-electron chi connectivity index (χ3n) is 2.71. The van der Waals surface area contributed by atoms with E-state index in [4.69, 9.17) is 11.6 Å². The number of nitrogens with one attached hydrogen (secondary N) is 1. The van der Waals surface area contributed by atoms with Crippen LogP contribution >= 0.6 is 11.6 Å². The zero-order chi connectivity index (χ0) is 12.9. The van der Waals surface area contributed by atoms with Gasteiger partial charge in [0.05, 0.1) is 5.60 Å². The fourth-order valence-electron chi connectivity index (χ4n) is 1.70. The molecule has 0 spiro atoms. The lowest BCUT2D eigenvalue weighted by Gasteiger charge is -2.24. The molecule has 96 valence electrons. The normalized spacial score (nSPS) is 14.6. The highest BCUT2D eigenvalue weighted by Crippen LogP contribution is 2.25. The van der Waals surface area contributed by atoms with Gasteiger partial charge in [-0.15, -0.1) is 0 Å². The maximum absolute atomic E-state index is 13.6. The average Bonchev–Trinajstić information content (AvgIpc) is 2.24. The zero-order valence-corrected chi connectivity index (χ0v) is 11.0. The van der Waals surface area contributed by atoms with Gasteiger partial charge in [0.15, 0.2) is 0 Å². The molecular weight excluding hydrogens is 241 g/mol. The van der Waals surface area contributed by atoms with Crippen molar-refractivity contribution < 1.29 is 9.50 Å². The third-order valence-corrected chi connectivity index (χ3v) is 3.06. The molecule has 1 atom stereocenters. The van der Waals surface area contributed by atoms with E-state index < -0.39 is 5.60 Å². The molecule has 0 aliphatic carbocycles. The van der Waals surface area contributed by atoms with Gasteiger partial charge in [-0.3, -0.25) is 0 Å². The zero-order valence-electron chi connectivity index (χ0n) is 10.3. The Balaban J connectivity index is 2.69. The van der Waals surface area contributed by atoms with E-state index in [-0.39, 0.29) is 12.2 Å². The first-order valence-corrected chi connectivity index (χ1v) is 6.20. The second kappa shape index (κ2) is 6.34. The summed E-state index contributed by atoms with van der Waals surface area (Å²) in [7, 11) is 0. The van der Waals surface area contributed by atoms with Gasteiger partial charge in [0.1, 0.15) is 5.82 Å². The van der Waals surface area contributed by atoms with Gasteiger partial charge in [-0.05, 0) is 38.6 Å². The molecule has 0 amide bonds. The minimum atomic E-state index is -0.950. The predicted octanol–water partition coefficient (Wildman–Crippen LogP) is 2.77. The van der Waals surface area contributed by atoms with Gasteiger partial charge >= 0.3 is 0 Å². The fourth-order valence-corrected chi connectivity index (χ4v) is 1.93. The molecule has 0 aliphatic heterocycles. The van der Waals surface area contributed by atoms with Gasteiger partial charge in [-0.1, -0.05) is 24.6 Å². The van der Waals surface area contributed by atoms with Gasteiger partial charge in [0.25, 0.3) is 0 Å². The van der Waals surface area contributed by atoms with E-state index in [9.17, 15) is 9.50 Å². The Kier molecular flexibility index (Phi) is 5.37. The quantitative estimate of drug-likeness (QED) is 0.770. The fraction of sp³-hybridized carbons (Fsp3) is 0.538. The van der Waals surface area contributed by atoms with Crippen molar-refractivity contribution >= 4 is 11.6 Å². The average molecular weight is 260 g/mol. The van der Waals surface area contributed by atoms with Gasteiger partial charge in [-0.25, -0.2) is 4.39 Å². The van der Waals surface area contributed by atoms with Gasteiger partial charge in [-0.2, -0.15) is 0 Å². The lowest BCUT2D eigenvalue weighted by Crippen LogP contribution is -2.32. The predicted molar refractivity (Wildman–Crippen MR) is 68.9 cm³/mol. The molecule has 1 rings (SSSR count). The number of hydrogen-bond donors (Lipinski definition) is 2. The summed E-state index contributed by atoms with van der Waals surface area (Å²) in [6.45, 7) is 5.27. The molecule has 1 unspecified atom stereocenters. The molecule has 2 N–H and O–H groups in total. The summed E-state index contributed by atoms with van der Waals surface area (Å²) >= 11 is 5.93. The number of benzene rings is 1. The van der Waals surface area contributed by atoms with Gasteiger partial charge < -0.3 is 10.4 Å². The molecule has 2 nitrogen and oxygen atoms in total. The summed E-state index contributed by atoms with van der Waals surface area (Å²) in [5.74, 6) is -0.360. The Labute approximate surface area is 107 Å². The van der Waals surface area contributed by atoms with Crippen LogP contribution in [0, 0.1) is 5.82 Å². The van der Waals surface area contributed by atoms with Crippen LogP contribution < -0.4 is 5.32 Å². The van der Waals surface area contributed by atoms with Gasteiger partial charge in [0, 0.05) is 17.0 Å². The summed E-state index contributed by atoms with van der Waals surface area (Å²) < 4.78 is 13.6. The van der Waals surface area contributed by atoms with E-state index in [1.165, 1.54) is 6.07 Å². The first-order chi connectivity index (χ1) is 7.96. The van der Waals surface area contributed by atoms with E-state index in [0.29, 0.717) is 23.6 Å². The lowest BCUT2D eigenvalue weighted by molar-refractivity contribution is 0.0508. The first-order valence-electron chi connectivity index (χ1n) is 5.82. The van der Waals surface area contributed by atoms with Crippen molar-refractivity contribution in [2.75, 3.05) is 13.1 Å². The second-order valence-corrected chi connectivity index (χ2v) is 4.88. The van der Waals surface area contributed by atoms with Crippen molar-refractivity contribution in [3.8, 4) is 0 Å². The van der Waals surface area contributed by atoms with Crippen molar-refractivity contribution in [2.45, 2.75) is 32.3 Å². The van der Waals surface area contributed by atoms with Crippen LogP contribution in [0.15, 0.2) is 18.2 Å². The molecule has 0 saturated heterocycles. The highest BCUT2D eigenvalue weighted by atomic mass is 35.5. The van der Waals surface area contributed by atoms with E-state index in [2.05, 4.69) is 5.32 Å². The van der Waals surface area contributed by atoms with Crippen molar-refractivity contribution in [3.05, 3.63) is 34.6 Å². The van der Waals surface area contributed by atoms with Crippen LogP contribution in [-0.2, 0) is 6.42 Å². The first kappa shape index (κ1) is 14.4. The molecular formula is C13H19ClFNO. The second-order valence-electron chi connectivity index (χ2n) is 4.48. The highest BCUT2D eigenvalue weighted by molar-refractivity contribution is 6.31. The van der Waals surface area contributed by atoms with E-state index in [0.717, 1.165) is 6.54 Å². The van der Waals surface area contributed by atoms with Crippen molar-refractivity contribution in [1.82, 2.24) is 5.32 Å². The van der Waals surface area contributed by atoms with E-state index in [1.54, 1.807) is 19.1 Å². The molecule has 0 fully saturated rings. The van der Waals surface area contributed by atoms with Crippen LogP contribution in [0.4, 0.5) is 4.39 Å². The maximum Gasteiger partial charge on any atom is 0.127 e. The number of aliphatic hydroxyl groups is 1. The van der Waals surface area contributed by atoms with Crippen LogP contribution in [0.5, 0.6) is 0 Å². The summed E-state index contributed by atoms with van der Waals surface area (Å²) in [5.41, 5.74) is -0.566. The van der Waals surface area contributed by atoms with Crippen molar-refractivity contribution in [3.63, 3.8) is 0 Å². The summed E-state index contributed by atoms with van der Waals surface area (Å²) in [6, 6.07) is 4.57. The Morgan fingerprint density at radius 2 is 2.18 bits per heavy atom. The molecule has 0 aliphatic rings. The Bertz CT molecular complexity index is 348. The SMILES string of the molecule is CCNCCC(C)(O)Cc1c(F)cccc1Cl. The minimum absolute atomic E-state index is 0.226. The Morgan fingerprint density at radius 1 is 1.47 bits per heavy atom. The Hall–Kier alpha value is -0.640. The van der Waals surface area contributed by atoms with Crippen LogP contribution in [0.3, 0.4) is 0 Å². The molecule has 1 aromatic rings. The van der Waals surface area contributed by atoms with Crippen LogP contribution in [0.2, 0.25) is 5.02 Å². The summed E-state index contributed by atoms with van der Waals surface area (Å²) in [5, 5.41) is 13.7. The topological polar surface area (TPSA) is 32.3 Å². The van der Waals surface area contributed by atoms with Crippen molar-refractivity contribution in [1.29, 1.82) is 0 Å². The number of hydrogen-bond acceptors (Lipinski definition) is 2. The standard InChI is InChI=1S/C13H19ClFNO/c1-3-16-8-7-13(2,17)9-10-11(14)5-4-6-12(10)15/h4-6,16-17H,3,7-9H2,1-2H3. The van der Waals surface area contributed by atoms with Gasteiger partial charge in [0.2, 0.25) is 0 Å².